The van der Waals surface area contributed by atoms with Gasteiger partial charge in [0.25, 0.3) is 5.69 Å². The van der Waals surface area contributed by atoms with Crippen molar-refractivity contribution in [2.75, 3.05) is 5.32 Å². The van der Waals surface area contributed by atoms with Crippen molar-refractivity contribution in [2.45, 2.75) is 0 Å². The van der Waals surface area contributed by atoms with Gasteiger partial charge in [0.05, 0.1) is 11.0 Å². The molecule has 1 aromatic rings. The fourth-order valence-electron chi connectivity index (χ4n) is 1.18. The highest BCUT2D eigenvalue weighted by atomic mass is 35.5. The van der Waals surface area contributed by atoms with Crippen molar-refractivity contribution in [3.63, 3.8) is 0 Å². The zero-order valence-electron chi connectivity index (χ0n) is 9.16. The number of carboxylic acid groups (broad SMARTS) is 2. The summed E-state index contributed by atoms with van der Waals surface area (Å²) >= 11 is 5.59. The number of nitro groups is 1. The molecule has 8 nitrogen and oxygen atoms in total. The molecule has 0 heterocycles. The van der Waals surface area contributed by atoms with Crippen LogP contribution in [0.2, 0.25) is 5.02 Å². The molecule has 0 amide bonds. The summed E-state index contributed by atoms with van der Waals surface area (Å²) < 4.78 is 0. The van der Waals surface area contributed by atoms with Gasteiger partial charge in [-0.2, -0.15) is 0 Å². The van der Waals surface area contributed by atoms with Crippen LogP contribution >= 0.6 is 11.6 Å². The number of nitrogens with one attached hydrogen (secondary N) is 1. The number of nitrogens with zero attached hydrogens (tertiary/aromatic N) is 1. The number of hydrogen-bond donors (Lipinski definition) is 3. The van der Waals surface area contributed by atoms with E-state index in [0.29, 0.717) is 6.08 Å². The fraction of sp³-hybridized carbons (Fsp3) is 0. The molecule has 3 N–H and O–H groups in total. The van der Waals surface area contributed by atoms with E-state index in [2.05, 4.69) is 5.32 Å². The van der Waals surface area contributed by atoms with Crippen molar-refractivity contribution >= 4 is 34.9 Å². The molecule has 0 aliphatic rings. The molecule has 0 spiro atoms. The Morgan fingerprint density at radius 3 is 2.47 bits per heavy atom. The highest BCUT2D eigenvalue weighted by molar-refractivity contribution is 6.31. The van der Waals surface area contributed by atoms with Crippen LogP contribution in [0.25, 0.3) is 0 Å². The van der Waals surface area contributed by atoms with Crippen LogP contribution in [0.1, 0.15) is 0 Å². The summed E-state index contributed by atoms with van der Waals surface area (Å²) in [6.45, 7) is 0. The van der Waals surface area contributed by atoms with Gasteiger partial charge in [-0.25, -0.2) is 9.59 Å². The standard InChI is InChI=1S/C10H7ClN2O6/c11-5-1-2-6(8(3-5)13(18)19)12-7(10(16)17)4-9(14)15/h1-4,12H,(H,14,15)(H,16,17). The Balaban J connectivity index is 3.20. The van der Waals surface area contributed by atoms with E-state index < -0.39 is 28.2 Å². The topological polar surface area (TPSA) is 130 Å². The average molecular weight is 287 g/mol. The van der Waals surface area contributed by atoms with Gasteiger partial charge in [-0.15, -0.1) is 0 Å². The number of hydrogen-bond acceptors (Lipinski definition) is 5. The first kappa shape index (κ1) is 14.5. The van der Waals surface area contributed by atoms with Crippen LogP contribution in [0.5, 0.6) is 0 Å². The van der Waals surface area contributed by atoms with Gasteiger partial charge in [0.2, 0.25) is 0 Å². The SMILES string of the molecule is O=C(O)C=C(Nc1ccc(Cl)cc1[N+](=O)[O-])C(=O)O. The molecule has 0 fully saturated rings. The van der Waals surface area contributed by atoms with Gasteiger partial charge >= 0.3 is 11.9 Å². The summed E-state index contributed by atoms with van der Waals surface area (Å²) in [5.74, 6) is -3.06. The summed E-state index contributed by atoms with van der Waals surface area (Å²) in [4.78, 5) is 31.2. The van der Waals surface area contributed by atoms with Gasteiger partial charge < -0.3 is 15.5 Å². The van der Waals surface area contributed by atoms with Crippen molar-refractivity contribution in [1.82, 2.24) is 0 Å². The van der Waals surface area contributed by atoms with Crippen molar-refractivity contribution in [3.05, 3.63) is 45.1 Å². The Kier molecular flexibility index (Phi) is 4.43. The molecule has 100 valence electrons. The van der Waals surface area contributed by atoms with Crippen LogP contribution < -0.4 is 5.32 Å². The number of carboxylic acids is 2. The Morgan fingerprint density at radius 2 is 2.00 bits per heavy atom. The van der Waals surface area contributed by atoms with E-state index in [4.69, 9.17) is 21.8 Å². The van der Waals surface area contributed by atoms with E-state index >= 15 is 0 Å². The van der Waals surface area contributed by atoms with Crippen LogP contribution in [0, 0.1) is 10.1 Å². The molecule has 19 heavy (non-hydrogen) atoms. The Morgan fingerprint density at radius 1 is 1.37 bits per heavy atom. The first-order chi connectivity index (χ1) is 8.81. The number of rotatable bonds is 5. The monoisotopic (exact) mass is 286 g/mol. The molecule has 0 aliphatic heterocycles. The molecule has 0 saturated heterocycles. The number of halogens is 1. The maximum absolute atomic E-state index is 10.8. The van der Waals surface area contributed by atoms with Gasteiger partial charge in [-0.1, -0.05) is 11.6 Å². The van der Waals surface area contributed by atoms with Gasteiger partial charge in [0.1, 0.15) is 11.4 Å². The number of aliphatic carboxylic acids is 2. The predicted molar refractivity (Wildman–Crippen MR) is 65.1 cm³/mol. The molecule has 0 radical (unpaired) electrons. The van der Waals surface area contributed by atoms with E-state index in [9.17, 15) is 19.7 Å². The van der Waals surface area contributed by atoms with Crippen LogP contribution in [0.15, 0.2) is 30.0 Å². The number of anilines is 1. The maximum atomic E-state index is 10.8. The third-order valence-corrected chi connectivity index (χ3v) is 2.16. The molecule has 1 rings (SSSR count). The lowest BCUT2D eigenvalue weighted by molar-refractivity contribution is -0.383. The van der Waals surface area contributed by atoms with E-state index in [1.165, 1.54) is 12.1 Å². The Hall–Kier alpha value is -2.61. The highest BCUT2D eigenvalue weighted by Crippen LogP contribution is 2.28. The van der Waals surface area contributed by atoms with Crippen LogP contribution in [0.4, 0.5) is 11.4 Å². The highest BCUT2D eigenvalue weighted by Gasteiger charge is 2.18. The summed E-state index contributed by atoms with van der Waals surface area (Å²) in [6.07, 6.45) is 0.390. The van der Waals surface area contributed by atoms with Crippen molar-refractivity contribution in [1.29, 1.82) is 0 Å². The third kappa shape index (κ3) is 3.96. The van der Waals surface area contributed by atoms with Gasteiger partial charge in [0.15, 0.2) is 0 Å². The molecular formula is C10H7ClN2O6. The number of benzene rings is 1. The van der Waals surface area contributed by atoms with Crippen molar-refractivity contribution in [2.24, 2.45) is 0 Å². The molecule has 0 bridgehead atoms. The number of carbonyl (C=O) groups is 2. The molecule has 0 atom stereocenters. The summed E-state index contributed by atoms with van der Waals surface area (Å²) in [5, 5.41) is 30.3. The lowest BCUT2D eigenvalue weighted by atomic mass is 10.2. The molecule has 1 aromatic carbocycles. The lowest BCUT2D eigenvalue weighted by Gasteiger charge is -2.07. The summed E-state index contributed by atoms with van der Waals surface area (Å²) in [6, 6.07) is 3.50. The largest absolute Gasteiger partial charge is 0.478 e. The van der Waals surface area contributed by atoms with Gasteiger partial charge in [-0.3, -0.25) is 10.1 Å². The predicted octanol–water partition coefficient (Wildman–Crippen LogP) is 1.71. The van der Waals surface area contributed by atoms with Crippen molar-refractivity contribution < 1.29 is 24.7 Å². The second-order valence-electron chi connectivity index (χ2n) is 3.24. The zero-order valence-corrected chi connectivity index (χ0v) is 9.92. The van der Waals surface area contributed by atoms with E-state index in [0.717, 1.165) is 6.07 Å². The quantitative estimate of drug-likeness (QED) is 0.426. The van der Waals surface area contributed by atoms with Crippen LogP contribution in [-0.4, -0.2) is 27.1 Å². The minimum absolute atomic E-state index is 0.0938. The lowest BCUT2D eigenvalue weighted by Crippen LogP contribution is -2.13. The van der Waals surface area contributed by atoms with E-state index in [1.807, 2.05) is 0 Å². The zero-order chi connectivity index (χ0) is 14.6. The fourth-order valence-corrected chi connectivity index (χ4v) is 1.35. The molecule has 0 aromatic heterocycles. The summed E-state index contributed by atoms with van der Waals surface area (Å²) in [5.41, 5.74) is -1.35. The summed E-state index contributed by atoms with van der Waals surface area (Å²) in [7, 11) is 0. The molecule has 9 heteroatoms. The first-order valence-corrected chi connectivity index (χ1v) is 5.08. The number of nitro benzene ring substituents is 1. The minimum Gasteiger partial charge on any atom is -0.478 e. The van der Waals surface area contributed by atoms with E-state index in [1.54, 1.807) is 0 Å². The van der Waals surface area contributed by atoms with Crippen molar-refractivity contribution in [3.8, 4) is 0 Å². The van der Waals surface area contributed by atoms with Gasteiger partial charge in [0, 0.05) is 11.1 Å². The molecular weight excluding hydrogens is 280 g/mol. The van der Waals surface area contributed by atoms with Crippen LogP contribution in [-0.2, 0) is 9.59 Å². The van der Waals surface area contributed by atoms with Crippen LogP contribution in [0.3, 0.4) is 0 Å². The third-order valence-electron chi connectivity index (χ3n) is 1.92. The average Bonchev–Trinajstić information content (AvgIpc) is 2.29. The smallest absolute Gasteiger partial charge is 0.352 e. The molecule has 0 aliphatic carbocycles. The minimum atomic E-state index is -1.56. The normalized spacial score (nSPS) is 10.9. The van der Waals surface area contributed by atoms with Gasteiger partial charge in [-0.05, 0) is 12.1 Å². The molecule has 0 saturated carbocycles. The Labute approximate surface area is 111 Å². The second kappa shape index (κ2) is 5.83. The van der Waals surface area contributed by atoms with E-state index in [-0.39, 0.29) is 10.7 Å². The molecule has 0 unspecified atom stereocenters. The first-order valence-electron chi connectivity index (χ1n) is 4.70. The second-order valence-corrected chi connectivity index (χ2v) is 3.68. The maximum Gasteiger partial charge on any atom is 0.352 e. The Bertz CT molecular complexity index is 583.